The molecule has 0 amide bonds. The molecule has 0 saturated carbocycles. The number of pyridine rings is 1. The molecule has 0 aromatic carbocycles. The molecule has 20 heavy (non-hydrogen) atoms. The third-order valence-corrected chi connectivity index (χ3v) is 3.57. The van der Waals surface area contributed by atoms with E-state index < -0.39 is 0 Å². The quantitative estimate of drug-likeness (QED) is 0.886. The van der Waals surface area contributed by atoms with Crippen LogP contribution in [0.15, 0.2) is 22.9 Å². The van der Waals surface area contributed by atoms with Crippen molar-refractivity contribution < 1.29 is 4.52 Å². The Morgan fingerprint density at radius 2 is 2.20 bits per heavy atom. The summed E-state index contributed by atoms with van der Waals surface area (Å²) in [4.78, 5) is 8.59. The van der Waals surface area contributed by atoms with Gasteiger partial charge in [-0.05, 0) is 32.0 Å². The zero-order chi connectivity index (χ0) is 14.5. The fraction of sp³-hybridized carbons (Fsp3) is 0.500. The van der Waals surface area contributed by atoms with Gasteiger partial charge in [-0.2, -0.15) is 4.98 Å². The fourth-order valence-corrected chi connectivity index (χ4v) is 2.04. The highest BCUT2D eigenvalue weighted by Gasteiger charge is 2.21. The number of nitrogens with one attached hydrogen (secondary N) is 1. The van der Waals surface area contributed by atoms with E-state index in [1.807, 2.05) is 0 Å². The average Bonchev–Trinajstić information content (AvgIpc) is 2.94. The van der Waals surface area contributed by atoms with E-state index in [2.05, 4.69) is 41.2 Å². The Morgan fingerprint density at radius 1 is 1.40 bits per heavy atom. The Kier molecular flexibility index (Phi) is 5.09. The zero-order valence-electron chi connectivity index (χ0n) is 11.9. The molecule has 0 aliphatic heterocycles. The number of halogens is 1. The van der Waals surface area contributed by atoms with Gasteiger partial charge in [-0.1, -0.05) is 30.6 Å². The summed E-state index contributed by atoms with van der Waals surface area (Å²) in [5.41, 5.74) is 0.547. The molecule has 108 valence electrons. The van der Waals surface area contributed by atoms with Gasteiger partial charge in [0.1, 0.15) is 5.69 Å². The molecule has 2 aromatic heterocycles. The molecule has 0 aliphatic carbocycles. The summed E-state index contributed by atoms with van der Waals surface area (Å²) < 4.78 is 5.34. The van der Waals surface area contributed by atoms with Gasteiger partial charge in [-0.25, -0.2) is 0 Å². The van der Waals surface area contributed by atoms with Gasteiger partial charge in [0, 0.05) is 12.2 Å². The van der Waals surface area contributed by atoms with E-state index in [9.17, 15) is 0 Å². The van der Waals surface area contributed by atoms with Gasteiger partial charge in [-0.3, -0.25) is 4.98 Å². The van der Waals surface area contributed by atoms with Gasteiger partial charge in [0.15, 0.2) is 0 Å². The minimum atomic E-state index is 0.130. The van der Waals surface area contributed by atoms with Crippen molar-refractivity contribution in [2.24, 2.45) is 0 Å². The highest BCUT2D eigenvalue weighted by Crippen LogP contribution is 2.25. The number of rotatable bonds is 6. The third-order valence-electron chi connectivity index (χ3n) is 3.27. The van der Waals surface area contributed by atoms with Crippen LogP contribution in [0.5, 0.6) is 0 Å². The molecule has 0 fully saturated rings. The average molecular weight is 295 g/mol. The Labute approximate surface area is 123 Å². The summed E-state index contributed by atoms with van der Waals surface area (Å²) in [5, 5.41) is 7.91. The molecule has 5 nitrogen and oxygen atoms in total. The Morgan fingerprint density at radius 3 is 2.90 bits per heavy atom. The summed E-state index contributed by atoms with van der Waals surface area (Å²) in [6, 6.07) is 3.79. The molecule has 2 unspecified atom stereocenters. The van der Waals surface area contributed by atoms with Crippen LogP contribution in [0.3, 0.4) is 0 Å². The Bertz CT molecular complexity index is 558. The van der Waals surface area contributed by atoms with Crippen LogP contribution < -0.4 is 5.32 Å². The number of nitrogens with zero attached hydrogens (tertiary/aromatic N) is 3. The first-order chi connectivity index (χ1) is 9.63. The molecule has 0 radical (unpaired) electrons. The molecule has 2 rings (SSSR count). The number of hydrogen-bond acceptors (Lipinski definition) is 5. The molecule has 2 aromatic rings. The lowest BCUT2D eigenvalue weighted by Gasteiger charge is -2.17. The lowest BCUT2D eigenvalue weighted by Crippen LogP contribution is -2.31. The molecular formula is C14H19ClN4O. The standard InChI is InChI=1S/C14H19ClN4O/c1-4-7-16-10(3)9(2)14-18-13(19-20-14)12-11(15)6-5-8-17-12/h5-6,8-10,16H,4,7H2,1-3H3. The summed E-state index contributed by atoms with van der Waals surface area (Å²) in [6.45, 7) is 7.28. The van der Waals surface area contributed by atoms with Crippen LogP contribution in [0, 0.1) is 0 Å². The van der Waals surface area contributed by atoms with Crippen LogP contribution in [-0.4, -0.2) is 27.7 Å². The normalized spacial score (nSPS) is 14.2. The van der Waals surface area contributed by atoms with Gasteiger partial charge in [0.25, 0.3) is 0 Å². The Hall–Kier alpha value is -1.46. The molecule has 2 heterocycles. The van der Waals surface area contributed by atoms with Gasteiger partial charge in [-0.15, -0.1) is 0 Å². The van der Waals surface area contributed by atoms with E-state index in [0.717, 1.165) is 13.0 Å². The van der Waals surface area contributed by atoms with Crippen molar-refractivity contribution in [3.63, 3.8) is 0 Å². The number of hydrogen-bond donors (Lipinski definition) is 1. The van der Waals surface area contributed by atoms with Crippen LogP contribution in [-0.2, 0) is 0 Å². The summed E-state index contributed by atoms with van der Waals surface area (Å²) >= 11 is 6.08. The van der Waals surface area contributed by atoms with E-state index in [4.69, 9.17) is 16.1 Å². The van der Waals surface area contributed by atoms with Crippen molar-refractivity contribution in [3.05, 3.63) is 29.2 Å². The van der Waals surface area contributed by atoms with E-state index in [-0.39, 0.29) is 12.0 Å². The molecular weight excluding hydrogens is 276 g/mol. The molecule has 2 atom stereocenters. The first-order valence-corrected chi connectivity index (χ1v) is 7.19. The van der Waals surface area contributed by atoms with E-state index in [1.54, 1.807) is 18.3 Å². The van der Waals surface area contributed by atoms with Crippen LogP contribution in [0.4, 0.5) is 0 Å². The molecule has 0 aliphatic rings. The van der Waals surface area contributed by atoms with Gasteiger partial charge in [0.05, 0.1) is 10.9 Å². The summed E-state index contributed by atoms with van der Waals surface area (Å²) in [6.07, 6.45) is 2.75. The lowest BCUT2D eigenvalue weighted by atomic mass is 10.0. The number of aromatic nitrogens is 3. The first-order valence-electron chi connectivity index (χ1n) is 6.81. The van der Waals surface area contributed by atoms with Gasteiger partial charge < -0.3 is 9.84 Å². The molecule has 6 heteroatoms. The second kappa shape index (κ2) is 6.81. The van der Waals surface area contributed by atoms with E-state index >= 15 is 0 Å². The zero-order valence-corrected chi connectivity index (χ0v) is 12.7. The van der Waals surface area contributed by atoms with Crippen molar-refractivity contribution in [2.75, 3.05) is 6.54 Å². The summed E-state index contributed by atoms with van der Waals surface area (Å²) in [5.74, 6) is 1.16. The van der Waals surface area contributed by atoms with Crippen LogP contribution in [0.25, 0.3) is 11.5 Å². The molecule has 1 N–H and O–H groups in total. The highest BCUT2D eigenvalue weighted by molar-refractivity contribution is 6.32. The van der Waals surface area contributed by atoms with Crippen LogP contribution in [0.1, 0.15) is 39.0 Å². The maximum atomic E-state index is 6.08. The van der Waals surface area contributed by atoms with Crippen molar-refractivity contribution in [1.29, 1.82) is 0 Å². The highest BCUT2D eigenvalue weighted by atomic mass is 35.5. The predicted octanol–water partition coefficient (Wildman–Crippen LogP) is 3.28. The van der Waals surface area contributed by atoms with Crippen molar-refractivity contribution >= 4 is 11.6 Å². The predicted molar refractivity (Wildman–Crippen MR) is 78.7 cm³/mol. The first kappa shape index (κ1) is 14.9. The fourth-order valence-electron chi connectivity index (χ4n) is 1.83. The SMILES string of the molecule is CCCNC(C)C(C)c1nc(-c2ncccc2Cl)no1. The minimum absolute atomic E-state index is 0.130. The van der Waals surface area contributed by atoms with E-state index in [1.165, 1.54) is 0 Å². The minimum Gasteiger partial charge on any atom is -0.339 e. The third kappa shape index (κ3) is 3.35. The monoisotopic (exact) mass is 294 g/mol. The van der Waals surface area contributed by atoms with Gasteiger partial charge >= 0.3 is 0 Å². The largest absolute Gasteiger partial charge is 0.339 e. The van der Waals surface area contributed by atoms with Crippen molar-refractivity contribution in [3.8, 4) is 11.5 Å². The Balaban J connectivity index is 2.15. The molecule has 0 saturated heterocycles. The maximum absolute atomic E-state index is 6.08. The van der Waals surface area contributed by atoms with Gasteiger partial charge in [0.2, 0.25) is 11.7 Å². The van der Waals surface area contributed by atoms with Crippen LogP contribution >= 0.6 is 11.6 Å². The second-order valence-electron chi connectivity index (χ2n) is 4.82. The summed E-state index contributed by atoms with van der Waals surface area (Å²) in [7, 11) is 0. The lowest BCUT2D eigenvalue weighted by molar-refractivity contribution is 0.331. The van der Waals surface area contributed by atoms with Crippen LogP contribution in [0.2, 0.25) is 5.02 Å². The van der Waals surface area contributed by atoms with Crippen molar-refractivity contribution in [2.45, 2.75) is 39.2 Å². The second-order valence-corrected chi connectivity index (χ2v) is 5.23. The molecule has 0 spiro atoms. The maximum Gasteiger partial charge on any atom is 0.231 e. The molecule has 0 bridgehead atoms. The van der Waals surface area contributed by atoms with E-state index in [0.29, 0.717) is 22.4 Å². The smallest absolute Gasteiger partial charge is 0.231 e. The topological polar surface area (TPSA) is 63.8 Å². The van der Waals surface area contributed by atoms with Crippen molar-refractivity contribution in [1.82, 2.24) is 20.4 Å².